The molecule has 0 N–H and O–H groups in total. The molecular formula is C62H42N6. The van der Waals surface area contributed by atoms with E-state index in [1.165, 1.54) is 55.1 Å². The molecule has 0 unspecified atom stereocenters. The predicted octanol–water partition coefficient (Wildman–Crippen LogP) is 15.3. The lowest BCUT2D eigenvalue weighted by molar-refractivity contribution is 0.666. The van der Waals surface area contributed by atoms with Gasteiger partial charge in [0.15, 0.2) is 11.6 Å². The maximum atomic E-state index is 5.34. The van der Waals surface area contributed by atoms with Crippen LogP contribution in [0.3, 0.4) is 0 Å². The van der Waals surface area contributed by atoms with Gasteiger partial charge in [0, 0.05) is 60.4 Å². The van der Waals surface area contributed by atoms with Crippen LogP contribution in [0.4, 0.5) is 0 Å². The van der Waals surface area contributed by atoms with Crippen LogP contribution in [0.15, 0.2) is 218 Å². The molecule has 0 saturated carbocycles. The number of para-hydroxylation sites is 3. The number of hydrogen-bond donors (Lipinski definition) is 0. The number of benzene rings is 9. The lowest BCUT2D eigenvalue weighted by Gasteiger charge is -2.21. The second-order valence-electron chi connectivity index (χ2n) is 18.4. The number of aromatic nitrogens is 6. The highest BCUT2D eigenvalue weighted by atomic mass is 15.2. The third-order valence-electron chi connectivity index (χ3n) is 14.3. The fourth-order valence-corrected chi connectivity index (χ4v) is 11.3. The summed E-state index contributed by atoms with van der Waals surface area (Å²) < 4.78 is 7.16. The van der Waals surface area contributed by atoms with E-state index in [2.05, 4.69) is 210 Å². The van der Waals surface area contributed by atoms with E-state index in [0.717, 1.165) is 55.4 Å². The van der Waals surface area contributed by atoms with Gasteiger partial charge in [-0.05, 0) is 82.9 Å². The zero-order valence-electron chi connectivity index (χ0n) is 37.5. The van der Waals surface area contributed by atoms with E-state index in [0.29, 0.717) is 17.6 Å². The molecule has 9 aromatic carbocycles. The van der Waals surface area contributed by atoms with E-state index in [-0.39, 0.29) is 5.41 Å². The van der Waals surface area contributed by atoms with E-state index in [9.17, 15) is 0 Å². The van der Waals surface area contributed by atoms with Gasteiger partial charge < -0.3 is 9.13 Å². The average molecular weight is 871 g/mol. The SMILES string of the molecule is CC1(C)c2ccccc2-c2c1c1ccc3c(c4cc(-c5ccc6c(c5)c5ccccc5n6-c5ccccc5)ccc4n3-c3nc(-c4ccccc4)nc(-c4ccccc4)n3)c1n2-c1ccccc1. The van der Waals surface area contributed by atoms with Crippen LogP contribution in [-0.2, 0) is 5.41 Å². The Morgan fingerprint density at radius 3 is 1.54 bits per heavy atom. The zero-order chi connectivity index (χ0) is 45.1. The van der Waals surface area contributed by atoms with Crippen LogP contribution in [0.25, 0.3) is 117 Å². The third-order valence-corrected chi connectivity index (χ3v) is 14.3. The molecule has 6 heteroatoms. The Labute approximate surface area is 392 Å². The molecule has 0 atom stereocenters. The van der Waals surface area contributed by atoms with Gasteiger partial charge in [-0.25, -0.2) is 4.98 Å². The van der Waals surface area contributed by atoms with E-state index < -0.39 is 0 Å². The summed E-state index contributed by atoms with van der Waals surface area (Å²) in [5, 5.41) is 5.95. The molecule has 4 aromatic heterocycles. The van der Waals surface area contributed by atoms with Crippen LogP contribution in [0.2, 0.25) is 0 Å². The Morgan fingerprint density at radius 1 is 0.368 bits per heavy atom. The van der Waals surface area contributed by atoms with Crippen molar-refractivity contribution in [2.24, 2.45) is 0 Å². The summed E-state index contributed by atoms with van der Waals surface area (Å²) in [5.74, 6) is 1.81. The molecular weight excluding hydrogens is 829 g/mol. The summed E-state index contributed by atoms with van der Waals surface area (Å²) in [7, 11) is 0. The maximum absolute atomic E-state index is 5.34. The van der Waals surface area contributed by atoms with Crippen molar-refractivity contribution in [2.75, 3.05) is 0 Å². The largest absolute Gasteiger partial charge is 0.309 e. The van der Waals surface area contributed by atoms with Crippen molar-refractivity contribution in [3.8, 4) is 62.5 Å². The minimum absolute atomic E-state index is 0.237. The van der Waals surface area contributed by atoms with Gasteiger partial charge in [0.05, 0.1) is 33.3 Å². The van der Waals surface area contributed by atoms with E-state index in [1.54, 1.807) is 0 Å². The van der Waals surface area contributed by atoms with Crippen molar-refractivity contribution in [2.45, 2.75) is 19.3 Å². The van der Waals surface area contributed by atoms with Gasteiger partial charge >= 0.3 is 0 Å². The van der Waals surface area contributed by atoms with Crippen LogP contribution in [-0.4, -0.2) is 28.7 Å². The van der Waals surface area contributed by atoms with Gasteiger partial charge in [0.25, 0.3) is 0 Å². The van der Waals surface area contributed by atoms with Gasteiger partial charge in [-0.1, -0.05) is 172 Å². The highest BCUT2D eigenvalue weighted by Gasteiger charge is 2.41. The monoisotopic (exact) mass is 870 g/mol. The maximum Gasteiger partial charge on any atom is 0.238 e. The van der Waals surface area contributed by atoms with E-state index >= 15 is 0 Å². The smallest absolute Gasteiger partial charge is 0.238 e. The summed E-state index contributed by atoms with van der Waals surface area (Å²) in [4.78, 5) is 15.8. The van der Waals surface area contributed by atoms with Crippen LogP contribution in [0.5, 0.6) is 0 Å². The lowest BCUT2D eigenvalue weighted by atomic mass is 9.81. The van der Waals surface area contributed by atoms with Gasteiger partial charge in [-0.15, -0.1) is 0 Å². The fraction of sp³-hybridized carbons (Fsp3) is 0.0484. The summed E-state index contributed by atoms with van der Waals surface area (Å²) in [6.45, 7) is 4.76. The first-order valence-corrected chi connectivity index (χ1v) is 23.3. The molecule has 6 nitrogen and oxygen atoms in total. The van der Waals surface area contributed by atoms with Gasteiger partial charge in [0.2, 0.25) is 5.95 Å². The van der Waals surface area contributed by atoms with Crippen LogP contribution in [0.1, 0.15) is 25.0 Å². The highest BCUT2D eigenvalue weighted by molar-refractivity contribution is 6.23. The van der Waals surface area contributed by atoms with Crippen molar-refractivity contribution >= 4 is 54.5 Å². The molecule has 0 radical (unpaired) electrons. The number of hydrogen-bond acceptors (Lipinski definition) is 3. The zero-order valence-corrected chi connectivity index (χ0v) is 37.5. The van der Waals surface area contributed by atoms with Crippen LogP contribution < -0.4 is 0 Å². The minimum Gasteiger partial charge on any atom is -0.309 e. The van der Waals surface area contributed by atoms with Crippen molar-refractivity contribution in [1.82, 2.24) is 28.7 Å². The Kier molecular flexibility index (Phi) is 8.23. The topological polar surface area (TPSA) is 53.5 Å². The molecule has 0 bridgehead atoms. The molecule has 68 heavy (non-hydrogen) atoms. The molecule has 13 aromatic rings. The van der Waals surface area contributed by atoms with Crippen LogP contribution in [0, 0.1) is 0 Å². The fourth-order valence-electron chi connectivity index (χ4n) is 11.3. The standard InChI is InChI=1S/C62H42N6/c1-62(2)50-29-17-15-28-46(50)58-56(62)47-33-36-54-55(57(47)67(58)44-25-13-6-14-26-44)49-38-42(41-31-34-52-48(37-41)45-27-16-18-30-51(45)66(52)43-23-11-5-12-24-43)32-35-53(49)68(54)61-64-59(39-19-7-3-8-20-39)63-60(65-61)40-21-9-4-10-22-40/h3-38H,1-2H3. The quantitative estimate of drug-likeness (QED) is 0.167. The normalized spacial score (nSPS) is 13.0. The van der Waals surface area contributed by atoms with Crippen molar-refractivity contribution < 1.29 is 0 Å². The number of nitrogens with zero attached hydrogens (tertiary/aromatic N) is 6. The Hall–Kier alpha value is -8.87. The summed E-state index contributed by atoms with van der Waals surface area (Å²) in [6, 6.07) is 78.2. The van der Waals surface area contributed by atoms with Gasteiger partial charge in [0.1, 0.15) is 0 Å². The molecule has 0 saturated heterocycles. The molecule has 0 aliphatic heterocycles. The Balaban J connectivity index is 1.10. The molecule has 1 aliphatic carbocycles. The van der Waals surface area contributed by atoms with Crippen molar-refractivity contribution in [3.63, 3.8) is 0 Å². The number of rotatable bonds is 6. The second kappa shape index (κ2) is 14.6. The molecule has 0 fully saturated rings. The Bertz CT molecular complexity index is 4090. The summed E-state index contributed by atoms with van der Waals surface area (Å²) in [5.41, 5.74) is 16.9. The second-order valence-corrected chi connectivity index (χ2v) is 18.4. The first-order valence-electron chi connectivity index (χ1n) is 23.3. The molecule has 1 aliphatic rings. The molecule has 4 heterocycles. The lowest BCUT2D eigenvalue weighted by Crippen LogP contribution is -2.14. The van der Waals surface area contributed by atoms with E-state index in [1.807, 2.05) is 36.4 Å². The first-order chi connectivity index (χ1) is 33.5. The average Bonchev–Trinajstić information content (AvgIpc) is 4.11. The minimum atomic E-state index is -0.237. The van der Waals surface area contributed by atoms with Gasteiger partial charge in [-0.3, -0.25) is 4.57 Å². The number of fused-ring (bicyclic) bond motifs is 12. The Morgan fingerprint density at radius 2 is 0.882 bits per heavy atom. The molecule has 0 spiro atoms. The summed E-state index contributed by atoms with van der Waals surface area (Å²) >= 11 is 0. The van der Waals surface area contributed by atoms with Crippen molar-refractivity contribution in [1.29, 1.82) is 0 Å². The van der Waals surface area contributed by atoms with Gasteiger partial charge in [-0.2, -0.15) is 9.97 Å². The summed E-state index contributed by atoms with van der Waals surface area (Å²) in [6.07, 6.45) is 0. The molecule has 14 rings (SSSR count). The third kappa shape index (κ3) is 5.55. The molecule has 320 valence electrons. The first kappa shape index (κ1) is 38.4. The van der Waals surface area contributed by atoms with Crippen molar-refractivity contribution in [3.05, 3.63) is 230 Å². The van der Waals surface area contributed by atoms with Crippen LogP contribution >= 0.6 is 0 Å². The predicted molar refractivity (Wildman–Crippen MR) is 279 cm³/mol. The highest BCUT2D eigenvalue weighted by Crippen LogP contribution is 2.55. The van der Waals surface area contributed by atoms with E-state index in [4.69, 9.17) is 15.0 Å². The molecule has 0 amide bonds.